The van der Waals surface area contributed by atoms with Gasteiger partial charge in [0.25, 0.3) is 11.7 Å². The molecule has 0 saturated carbocycles. The fourth-order valence-electron chi connectivity index (χ4n) is 3.42. The number of allylic oxidation sites excluding steroid dienone is 1. The fourth-order valence-corrected chi connectivity index (χ4v) is 3.42. The summed E-state index contributed by atoms with van der Waals surface area (Å²) in [5, 5.41) is 0.466. The summed E-state index contributed by atoms with van der Waals surface area (Å²) >= 11 is 0. The van der Waals surface area contributed by atoms with Crippen LogP contribution in [0.4, 0.5) is 0 Å². The quantitative estimate of drug-likeness (QED) is 0.285. The van der Waals surface area contributed by atoms with Crippen LogP contribution < -0.4 is 16.2 Å². The second kappa shape index (κ2) is 14.2. The molecule has 1 aromatic heterocycles. The molecular weight excluding hydrogens is 446 g/mol. The first-order valence-electron chi connectivity index (χ1n) is 11.3. The SMILES string of the molecule is C=C(C)N.CC.CCc1c(C(=O)C(N)=O)c2c(OCC(=O)OC)cccc2n1Cc1ccccc1. The van der Waals surface area contributed by atoms with Crippen LogP contribution in [0.15, 0.2) is 60.8 Å². The smallest absolute Gasteiger partial charge is 0.343 e. The Morgan fingerprint density at radius 3 is 2.11 bits per heavy atom. The Bertz CT molecular complexity index is 1160. The van der Waals surface area contributed by atoms with Gasteiger partial charge in [0.15, 0.2) is 6.61 Å². The van der Waals surface area contributed by atoms with Crippen LogP contribution in [0.5, 0.6) is 5.75 Å². The van der Waals surface area contributed by atoms with Crippen LogP contribution in [0.3, 0.4) is 0 Å². The molecule has 0 radical (unpaired) electrons. The molecule has 4 N–H and O–H groups in total. The zero-order valence-electron chi connectivity index (χ0n) is 21.1. The number of methoxy groups -OCH3 is 1. The number of rotatable bonds is 8. The summed E-state index contributed by atoms with van der Waals surface area (Å²) in [6.07, 6.45) is 0.506. The van der Waals surface area contributed by atoms with Crippen LogP contribution in [0.25, 0.3) is 10.9 Å². The van der Waals surface area contributed by atoms with E-state index in [0.717, 1.165) is 11.1 Å². The largest absolute Gasteiger partial charge is 0.481 e. The molecule has 3 rings (SSSR count). The van der Waals surface area contributed by atoms with Crippen LogP contribution in [0.1, 0.15) is 49.3 Å². The molecule has 8 nitrogen and oxygen atoms in total. The third kappa shape index (κ3) is 7.74. The zero-order valence-corrected chi connectivity index (χ0v) is 21.1. The maximum Gasteiger partial charge on any atom is 0.343 e. The Balaban J connectivity index is 0.000000926. The van der Waals surface area contributed by atoms with Crippen molar-refractivity contribution in [1.29, 1.82) is 0 Å². The third-order valence-electron chi connectivity index (χ3n) is 4.70. The first-order chi connectivity index (χ1) is 16.7. The number of Topliss-reactive ketones (excluding diaryl/α,β-unsaturated/α-hetero) is 1. The molecule has 0 spiro atoms. The molecule has 1 heterocycles. The van der Waals surface area contributed by atoms with E-state index in [-0.39, 0.29) is 12.2 Å². The molecule has 0 aliphatic heterocycles. The molecule has 3 aromatic rings. The van der Waals surface area contributed by atoms with Crippen molar-refractivity contribution in [3.05, 3.63) is 77.6 Å². The van der Waals surface area contributed by atoms with Gasteiger partial charge in [0.1, 0.15) is 5.75 Å². The summed E-state index contributed by atoms with van der Waals surface area (Å²) in [6.45, 7) is 11.2. The molecular formula is C27H35N3O5. The normalized spacial score (nSPS) is 9.74. The number of ether oxygens (including phenoxy) is 2. The van der Waals surface area contributed by atoms with Gasteiger partial charge in [-0.2, -0.15) is 0 Å². The number of hydrogen-bond acceptors (Lipinski definition) is 6. The van der Waals surface area contributed by atoms with Crippen LogP contribution in [0.2, 0.25) is 0 Å². The number of nitrogens with zero attached hydrogens (tertiary/aromatic N) is 1. The van der Waals surface area contributed by atoms with Crippen molar-refractivity contribution in [2.24, 2.45) is 11.5 Å². The van der Waals surface area contributed by atoms with E-state index in [1.54, 1.807) is 19.1 Å². The lowest BCUT2D eigenvalue weighted by Crippen LogP contribution is -2.24. The van der Waals surface area contributed by atoms with Crippen molar-refractivity contribution in [2.75, 3.05) is 13.7 Å². The van der Waals surface area contributed by atoms with Gasteiger partial charge < -0.3 is 25.5 Å². The van der Waals surface area contributed by atoms with Gasteiger partial charge in [-0.15, -0.1) is 0 Å². The monoisotopic (exact) mass is 481 g/mol. The van der Waals surface area contributed by atoms with E-state index in [2.05, 4.69) is 11.3 Å². The van der Waals surface area contributed by atoms with E-state index >= 15 is 0 Å². The molecule has 0 atom stereocenters. The molecule has 0 fully saturated rings. The number of aromatic nitrogens is 1. The molecule has 35 heavy (non-hydrogen) atoms. The van der Waals surface area contributed by atoms with Gasteiger partial charge in [-0.05, 0) is 36.7 Å². The molecule has 0 aliphatic carbocycles. The van der Waals surface area contributed by atoms with Crippen molar-refractivity contribution >= 4 is 28.6 Å². The molecule has 2 aromatic carbocycles. The number of primary amides is 1. The summed E-state index contributed by atoms with van der Waals surface area (Å²) in [6, 6.07) is 15.0. The number of esters is 1. The number of carbonyl (C=O) groups excluding carboxylic acids is 3. The first kappa shape index (κ1) is 29.0. The van der Waals surface area contributed by atoms with E-state index in [0.29, 0.717) is 35.5 Å². The Hall–Kier alpha value is -4.07. The molecule has 188 valence electrons. The maximum atomic E-state index is 12.7. The highest BCUT2D eigenvalue weighted by molar-refractivity contribution is 6.45. The predicted octanol–water partition coefficient (Wildman–Crippen LogP) is 3.98. The Morgan fingerprint density at radius 2 is 1.60 bits per heavy atom. The lowest BCUT2D eigenvalue weighted by Gasteiger charge is -2.11. The Labute approximate surface area is 206 Å². The van der Waals surface area contributed by atoms with Crippen LogP contribution in [-0.2, 0) is 27.3 Å². The van der Waals surface area contributed by atoms with Gasteiger partial charge in [-0.3, -0.25) is 9.59 Å². The van der Waals surface area contributed by atoms with Crippen LogP contribution >= 0.6 is 0 Å². The number of carbonyl (C=O) groups is 3. The minimum Gasteiger partial charge on any atom is -0.481 e. The Kier molecular flexibility index (Phi) is 11.8. The first-order valence-corrected chi connectivity index (χ1v) is 11.3. The number of amides is 1. The van der Waals surface area contributed by atoms with E-state index in [4.69, 9.17) is 16.2 Å². The third-order valence-corrected chi connectivity index (χ3v) is 4.70. The second-order valence-electron chi connectivity index (χ2n) is 7.30. The summed E-state index contributed by atoms with van der Waals surface area (Å²) in [4.78, 5) is 36.0. The summed E-state index contributed by atoms with van der Waals surface area (Å²) in [7, 11) is 1.26. The average Bonchev–Trinajstić information content (AvgIpc) is 3.17. The molecule has 8 heteroatoms. The number of ketones is 1. The van der Waals surface area contributed by atoms with E-state index in [9.17, 15) is 14.4 Å². The fraction of sp³-hybridized carbons (Fsp3) is 0.296. The predicted molar refractivity (Wildman–Crippen MR) is 138 cm³/mol. The van der Waals surface area contributed by atoms with E-state index < -0.39 is 17.7 Å². The molecule has 0 bridgehead atoms. The van der Waals surface area contributed by atoms with Gasteiger partial charge in [0, 0.05) is 12.2 Å². The number of hydrogen-bond donors (Lipinski definition) is 2. The van der Waals surface area contributed by atoms with Crippen LogP contribution in [-0.4, -0.2) is 35.9 Å². The molecule has 0 saturated heterocycles. The molecule has 1 amide bonds. The minimum absolute atomic E-state index is 0.214. The standard InChI is InChI=1S/C22H22N2O5.C3H7N.C2H6/c1-3-15-20(21(26)22(23)27)19-16(24(15)12-14-8-5-4-6-9-14)10-7-11-17(19)29-13-18(25)28-2;1-3(2)4;1-2/h4-11H,3,12-13H2,1-2H3,(H2,23,27);1,4H2,2H3;1-2H3. The lowest BCUT2D eigenvalue weighted by atomic mass is 10.0. The highest BCUT2D eigenvalue weighted by Gasteiger charge is 2.27. The lowest BCUT2D eigenvalue weighted by molar-refractivity contribution is -0.142. The van der Waals surface area contributed by atoms with Crippen molar-refractivity contribution in [2.45, 2.75) is 40.7 Å². The molecule has 0 unspecified atom stereocenters. The summed E-state index contributed by atoms with van der Waals surface area (Å²) in [5.74, 6) is -2.06. The maximum absolute atomic E-state index is 12.7. The Morgan fingerprint density at radius 1 is 1.00 bits per heavy atom. The van der Waals surface area contributed by atoms with Crippen molar-refractivity contribution in [3.8, 4) is 5.75 Å². The summed E-state index contributed by atoms with van der Waals surface area (Å²) < 4.78 is 12.2. The van der Waals surface area contributed by atoms with Gasteiger partial charge in [-0.1, -0.05) is 63.7 Å². The van der Waals surface area contributed by atoms with Gasteiger partial charge >= 0.3 is 5.97 Å². The van der Waals surface area contributed by atoms with E-state index in [1.165, 1.54) is 7.11 Å². The van der Waals surface area contributed by atoms with E-state index in [1.807, 2.05) is 61.7 Å². The van der Waals surface area contributed by atoms with Gasteiger partial charge in [0.05, 0.1) is 23.6 Å². The zero-order chi connectivity index (χ0) is 26.5. The topological polar surface area (TPSA) is 127 Å². The number of nitrogens with two attached hydrogens (primary N) is 2. The van der Waals surface area contributed by atoms with Gasteiger partial charge in [0.2, 0.25) is 0 Å². The highest BCUT2D eigenvalue weighted by Crippen LogP contribution is 2.35. The second-order valence-corrected chi connectivity index (χ2v) is 7.30. The highest BCUT2D eigenvalue weighted by atomic mass is 16.6. The van der Waals surface area contributed by atoms with Crippen molar-refractivity contribution < 1.29 is 23.9 Å². The number of fused-ring (bicyclic) bond motifs is 1. The van der Waals surface area contributed by atoms with Crippen molar-refractivity contribution in [1.82, 2.24) is 4.57 Å². The average molecular weight is 482 g/mol. The number of benzene rings is 2. The summed E-state index contributed by atoms with van der Waals surface area (Å²) in [5.41, 5.74) is 13.6. The van der Waals surface area contributed by atoms with Crippen molar-refractivity contribution in [3.63, 3.8) is 0 Å². The van der Waals surface area contributed by atoms with Gasteiger partial charge in [-0.25, -0.2) is 4.79 Å². The minimum atomic E-state index is -1.04. The molecule has 0 aliphatic rings. The van der Waals surface area contributed by atoms with Crippen LogP contribution in [0, 0.1) is 0 Å².